The zero-order valence-electron chi connectivity index (χ0n) is 33.9. The van der Waals surface area contributed by atoms with Gasteiger partial charge in [0, 0.05) is 39.0 Å². The highest BCUT2D eigenvalue weighted by Gasteiger charge is 2.17. The van der Waals surface area contributed by atoms with E-state index < -0.39 is 0 Å². The molecule has 0 bridgehead atoms. The third kappa shape index (κ3) is 5.86. The average Bonchev–Trinajstić information content (AvgIpc) is 4.03. The Morgan fingerprint density at radius 3 is 1.57 bits per heavy atom. The Kier molecular flexibility index (Phi) is 7.84. The van der Waals surface area contributed by atoms with E-state index in [1.165, 1.54) is 0 Å². The second-order valence-electron chi connectivity index (χ2n) is 16.2. The van der Waals surface area contributed by atoms with Crippen molar-refractivity contribution < 1.29 is 8.83 Å². The zero-order chi connectivity index (χ0) is 41.4. The molecule has 5 heterocycles. The van der Waals surface area contributed by atoms with E-state index in [1.807, 2.05) is 36.5 Å². The molecule has 0 aliphatic heterocycles. The molecule has 0 saturated carbocycles. The van der Waals surface area contributed by atoms with E-state index in [4.69, 9.17) is 13.8 Å². The molecule has 0 fully saturated rings. The Labute approximate surface area is 361 Å². The molecular formula is C58H35N3O2. The maximum absolute atomic E-state index is 6.14. The number of fused-ring (bicyclic) bond motifs is 9. The van der Waals surface area contributed by atoms with Crippen LogP contribution in [0.5, 0.6) is 0 Å². The lowest BCUT2D eigenvalue weighted by Crippen LogP contribution is -1.93. The minimum Gasteiger partial charge on any atom is -0.456 e. The Morgan fingerprint density at radius 1 is 0.317 bits per heavy atom. The Balaban J connectivity index is 0.896. The molecule has 8 aromatic carbocycles. The third-order valence-corrected chi connectivity index (χ3v) is 12.4. The van der Waals surface area contributed by atoms with Gasteiger partial charge in [0.2, 0.25) is 0 Å². The summed E-state index contributed by atoms with van der Waals surface area (Å²) in [5.41, 5.74) is 19.6. The predicted octanol–water partition coefficient (Wildman–Crippen LogP) is 15.7. The van der Waals surface area contributed by atoms with Gasteiger partial charge in [-0.15, -0.1) is 0 Å². The summed E-state index contributed by atoms with van der Waals surface area (Å²) in [5.74, 6) is 0. The van der Waals surface area contributed by atoms with Crippen molar-refractivity contribution in [2.75, 3.05) is 0 Å². The summed E-state index contributed by atoms with van der Waals surface area (Å²) in [6, 6.07) is 72.9. The maximum atomic E-state index is 6.14. The molecule has 0 atom stereocenters. The molecule has 294 valence electrons. The average molecular weight is 806 g/mol. The SMILES string of the molecule is c1ccc(-n2c3ccc(-c4cccc(-c5ccc6oc7ccccc7c6c5)c4)cc3c3nc(-c4cccc(-c5cccc(-c6ccc7oc8cccnc8c7c6)c5)c4)ccc32)cc1. The summed E-state index contributed by atoms with van der Waals surface area (Å²) in [4.78, 5) is 10.1. The number of para-hydroxylation sites is 2. The number of aromatic nitrogens is 3. The number of benzene rings is 8. The van der Waals surface area contributed by atoms with Gasteiger partial charge in [0.1, 0.15) is 22.3 Å². The van der Waals surface area contributed by atoms with Crippen LogP contribution in [0.25, 0.3) is 127 Å². The Hall–Kier alpha value is -8.54. The van der Waals surface area contributed by atoms with Crippen molar-refractivity contribution in [1.29, 1.82) is 0 Å². The molecule has 63 heavy (non-hydrogen) atoms. The number of pyridine rings is 2. The van der Waals surface area contributed by atoms with Gasteiger partial charge in [-0.05, 0) is 142 Å². The van der Waals surface area contributed by atoms with Crippen LogP contribution in [0.2, 0.25) is 0 Å². The molecule has 13 rings (SSSR count). The fourth-order valence-electron chi connectivity index (χ4n) is 9.37. The van der Waals surface area contributed by atoms with Crippen LogP contribution in [0.15, 0.2) is 221 Å². The first-order chi connectivity index (χ1) is 31.2. The minimum absolute atomic E-state index is 0.798. The standard InChI is InChI=1S/C58H35N3O2/c1-2-16-45(17-3-1)61-51-25-21-41(37-11-7-12-38(31-37)42-22-27-54-47(33-42)46-18-4-5-19-53(46)62-54)34-48(51)57-52(61)26-24-50(60-57)44-15-8-14-40(32-44)36-10-6-13-39(30-36)43-23-28-55-49(35-43)58-56(63-55)20-9-29-59-58/h1-35H. The summed E-state index contributed by atoms with van der Waals surface area (Å²) in [6.07, 6.45) is 1.81. The summed E-state index contributed by atoms with van der Waals surface area (Å²) in [7, 11) is 0. The van der Waals surface area contributed by atoms with E-state index in [1.54, 1.807) is 0 Å². The van der Waals surface area contributed by atoms with Crippen LogP contribution in [0, 0.1) is 0 Å². The van der Waals surface area contributed by atoms with E-state index in [0.717, 1.165) is 127 Å². The first kappa shape index (κ1) is 35.2. The van der Waals surface area contributed by atoms with Crippen molar-refractivity contribution in [2.45, 2.75) is 0 Å². The van der Waals surface area contributed by atoms with Crippen LogP contribution in [-0.2, 0) is 0 Å². The van der Waals surface area contributed by atoms with Gasteiger partial charge in [0.15, 0.2) is 5.58 Å². The van der Waals surface area contributed by atoms with E-state index in [-0.39, 0.29) is 0 Å². The van der Waals surface area contributed by atoms with Crippen molar-refractivity contribution in [3.63, 3.8) is 0 Å². The summed E-state index contributed by atoms with van der Waals surface area (Å²) in [5, 5.41) is 4.38. The largest absolute Gasteiger partial charge is 0.456 e. The van der Waals surface area contributed by atoms with Crippen molar-refractivity contribution in [2.24, 2.45) is 0 Å². The van der Waals surface area contributed by atoms with Crippen LogP contribution in [-0.4, -0.2) is 14.5 Å². The van der Waals surface area contributed by atoms with Gasteiger partial charge in [-0.3, -0.25) is 4.98 Å². The Bertz CT molecular complexity index is 3930. The molecule has 0 saturated heterocycles. The number of hydrogen-bond donors (Lipinski definition) is 0. The van der Waals surface area contributed by atoms with Gasteiger partial charge < -0.3 is 13.4 Å². The van der Waals surface area contributed by atoms with Gasteiger partial charge in [-0.2, -0.15) is 0 Å². The number of furan rings is 2. The zero-order valence-corrected chi connectivity index (χ0v) is 33.9. The fraction of sp³-hybridized carbons (Fsp3) is 0. The van der Waals surface area contributed by atoms with Gasteiger partial charge in [-0.1, -0.05) is 109 Å². The molecule has 0 aliphatic carbocycles. The molecule has 0 N–H and O–H groups in total. The minimum atomic E-state index is 0.798. The molecule has 0 unspecified atom stereocenters. The van der Waals surface area contributed by atoms with Gasteiger partial charge in [0.05, 0.1) is 22.2 Å². The fourth-order valence-corrected chi connectivity index (χ4v) is 9.37. The second kappa shape index (κ2) is 14.0. The molecular weight excluding hydrogens is 771 g/mol. The van der Waals surface area contributed by atoms with Crippen molar-refractivity contribution in [3.05, 3.63) is 212 Å². The van der Waals surface area contributed by atoms with Gasteiger partial charge >= 0.3 is 0 Å². The van der Waals surface area contributed by atoms with E-state index in [9.17, 15) is 0 Å². The number of hydrogen-bond acceptors (Lipinski definition) is 4. The molecule has 5 heteroatoms. The predicted molar refractivity (Wildman–Crippen MR) is 258 cm³/mol. The monoisotopic (exact) mass is 805 g/mol. The molecule has 13 aromatic rings. The van der Waals surface area contributed by atoms with Gasteiger partial charge in [0.25, 0.3) is 0 Å². The smallest absolute Gasteiger partial charge is 0.153 e. The summed E-state index contributed by atoms with van der Waals surface area (Å²) >= 11 is 0. The lowest BCUT2D eigenvalue weighted by atomic mass is 9.96. The van der Waals surface area contributed by atoms with Crippen molar-refractivity contribution >= 4 is 65.9 Å². The van der Waals surface area contributed by atoms with Crippen LogP contribution in [0.3, 0.4) is 0 Å². The molecule has 0 radical (unpaired) electrons. The highest BCUT2D eigenvalue weighted by Crippen LogP contribution is 2.39. The second-order valence-corrected chi connectivity index (χ2v) is 16.2. The first-order valence-electron chi connectivity index (χ1n) is 21.2. The van der Waals surface area contributed by atoms with Crippen LogP contribution < -0.4 is 0 Å². The van der Waals surface area contributed by atoms with Gasteiger partial charge in [-0.25, -0.2) is 4.98 Å². The Morgan fingerprint density at radius 2 is 0.841 bits per heavy atom. The molecule has 0 spiro atoms. The first-order valence-corrected chi connectivity index (χ1v) is 21.2. The van der Waals surface area contributed by atoms with Crippen molar-refractivity contribution in [1.82, 2.24) is 14.5 Å². The summed E-state index contributed by atoms with van der Waals surface area (Å²) < 4.78 is 14.5. The molecule has 0 aliphatic rings. The topological polar surface area (TPSA) is 57.0 Å². The van der Waals surface area contributed by atoms with E-state index in [0.29, 0.717) is 0 Å². The van der Waals surface area contributed by atoms with Crippen molar-refractivity contribution in [3.8, 4) is 61.5 Å². The third-order valence-electron chi connectivity index (χ3n) is 12.4. The molecule has 5 nitrogen and oxygen atoms in total. The summed E-state index contributed by atoms with van der Waals surface area (Å²) in [6.45, 7) is 0. The van der Waals surface area contributed by atoms with Crippen LogP contribution in [0.1, 0.15) is 0 Å². The highest BCUT2D eigenvalue weighted by molar-refractivity contribution is 6.10. The van der Waals surface area contributed by atoms with E-state index in [2.05, 4.69) is 185 Å². The van der Waals surface area contributed by atoms with Crippen LogP contribution >= 0.6 is 0 Å². The lowest BCUT2D eigenvalue weighted by Gasteiger charge is -2.09. The lowest BCUT2D eigenvalue weighted by molar-refractivity contribution is 0.668. The van der Waals surface area contributed by atoms with Crippen LogP contribution in [0.4, 0.5) is 0 Å². The molecule has 0 amide bonds. The molecule has 5 aromatic heterocycles. The van der Waals surface area contributed by atoms with E-state index >= 15 is 0 Å². The quantitative estimate of drug-likeness (QED) is 0.168. The number of rotatable bonds is 6. The number of nitrogens with zero attached hydrogens (tertiary/aromatic N) is 3. The highest BCUT2D eigenvalue weighted by atomic mass is 16.3. The maximum Gasteiger partial charge on any atom is 0.153 e. The normalized spacial score (nSPS) is 11.8.